The molecule has 0 amide bonds. The maximum Gasteiger partial charge on any atom is 0.0462 e. The van der Waals surface area contributed by atoms with Crippen LogP contribution in [-0.2, 0) is 0 Å². The van der Waals surface area contributed by atoms with Gasteiger partial charge in [-0.1, -0.05) is 97.1 Å². The van der Waals surface area contributed by atoms with Crippen LogP contribution in [0.4, 0.5) is 22.7 Å². The van der Waals surface area contributed by atoms with Gasteiger partial charge < -0.3 is 9.80 Å². The summed E-state index contributed by atoms with van der Waals surface area (Å²) in [5.74, 6) is 0. The van der Waals surface area contributed by atoms with E-state index in [-0.39, 0.29) is 0 Å². The fourth-order valence-corrected chi connectivity index (χ4v) is 5.26. The molecule has 0 aromatic heterocycles. The van der Waals surface area contributed by atoms with Gasteiger partial charge in [0.15, 0.2) is 0 Å². The van der Waals surface area contributed by atoms with Crippen LogP contribution in [0.25, 0.3) is 16.7 Å². The van der Waals surface area contributed by atoms with Gasteiger partial charge in [-0.15, -0.1) is 0 Å². The molecular formula is C37H32N2. The summed E-state index contributed by atoms with van der Waals surface area (Å²) >= 11 is 0. The van der Waals surface area contributed by atoms with Crippen LogP contribution >= 0.6 is 0 Å². The first-order chi connectivity index (χ1) is 19.3. The quantitative estimate of drug-likeness (QED) is 0.218. The third kappa shape index (κ3) is 5.42. The minimum absolute atomic E-state index is 1.01. The Morgan fingerprint density at radius 2 is 0.974 bits per heavy atom. The lowest BCUT2D eigenvalue weighted by molar-refractivity contribution is 0.907. The van der Waals surface area contributed by atoms with Crippen molar-refractivity contribution < 1.29 is 0 Å². The van der Waals surface area contributed by atoms with E-state index in [4.69, 9.17) is 0 Å². The second-order valence-electron chi connectivity index (χ2n) is 9.88. The first kappa shape index (κ1) is 24.5. The Labute approximate surface area is 231 Å². The highest BCUT2D eigenvalue weighted by Gasteiger charge is 2.15. The van der Waals surface area contributed by atoms with Gasteiger partial charge in [-0.2, -0.15) is 0 Å². The average Bonchev–Trinajstić information content (AvgIpc) is 3.03. The molecule has 0 radical (unpaired) electrons. The van der Waals surface area contributed by atoms with Crippen LogP contribution in [0.15, 0.2) is 157 Å². The molecule has 190 valence electrons. The van der Waals surface area contributed by atoms with Gasteiger partial charge in [0.1, 0.15) is 0 Å². The highest BCUT2D eigenvalue weighted by Crippen LogP contribution is 2.36. The van der Waals surface area contributed by atoms with E-state index in [1.165, 1.54) is 33.6 Å². The summed E-state index contributed by atoms with van der Waals surface area (Å²) in [6, 6.07) is 49.4. The second kappa shape index (κ2) is 11.3. The number of benzene rings is 5. The molecule has 0 N–H and O–H groups in total. The zero-order valence-corrected chi connectivity index (χ0v) is 22.2. The molecule has 2 nitrogen and oxygen atoms in total. The zero-order valence-electron chi connectivity index (χ0n) is 22.2. The van der Waals surface area contributed by atoms with Crippen molar-refractivity contribution in [2.75, 3.05) is 16.8 Å². The van der Waals surface area contributed by atoms with Crippen molar-refractivity contribution in [3.05, 3.63) is 163 Å². The summed E-state index contributed by atoms with van der Waals surface area (Å²) in [7, 11) is 2.17. The molecule has 0 spiro atoms. The monoisotopic (exact) mass is 504 g/mol. The van der Waals surface area contributed by atoms with Crippen LogP contribution < -0.4 is 9.80 Å². The van der Waals surface area contributed by atoms with Crippen LogP contribution in [0.5, 0.6) is 0 Å². The molecule has 0 heterocycles. The standard InChI is InChI=1S/C37H32N2/c1-38(37-19-11-14-32(28-37)29-12-5-2-6-13-29)33-24-20-30(21-25-33)31-22-26-36(27-23-31)39(34-15-7-3-8-16-34)35-17-9-4-10-18-35/h2-20,22-24,26-28H,21,25H2,1H3. The Kier molecular flexibility index (Phi) is 7.09. The van der Waals surface area contributed by atoms with Crippen molar-refractivity contribution in [1.29, 1.82) is 0 Å². The number of allylic oxidation sites excluding steroid dienone is 4. The molecule has 2 heteroatoms. The second-order valence-corrected chi connectivity index (χ2v) is 9.88. The Morgan fingerprint density at radius 3 is 1.56 bits per heavy atom. The lowest BCUT2D eigenvalue weighted by atomic mass is 9.95. The molecule has 1 aliphatic carbocycles. The third-order valence-electron chi connectivity index (χ3n) is 7.42. The largest absolute Gasteiger partial charge is 0.348 e. The average molecular weight is 505 g/mol. The number of anilines is 4. The SMILES string of the molecule is CN(C1=CC=C(c2ccc(N(c3ccccc3)c3ccccc3)cc2)CC1)c1cccc(-c2ccccc2)c1. The van der Waals surface area contributed by atoms with Crippen molar-refractivity contribution in [3.8, 4) is 11.1 Å². The molecule has 0 saturated heterocycles. The number of nitrogens with zero attached hydrogens (tertiary/aromatic N) is 2. The first-order valence-electron chi connectivity index (χ1n) is 13.6. The smallest absolute Gasteiger partial charge is 0.0462 e. The molecule has 0 aliphatic heterocycles. The van der Waals surface area contributed by atoms with Crippen LogP contribution in [0.1, 0.15) is 18.4 Å². The van der Waals surface area contributed by atoms with Crippen LogP contribution in [0.3, 0.4) is 0 Å². The lowest BCUT2D eigenvalue weighted by Crippen LogP contribution is -2.17. The van der Waals surface area contributed by atoms with E-state index in [1.807, 2.05) is 0 Å². The van der Waals surface area contributed by atoms with Gasteiger partial charge >= 0.3 is 0 Å². The number of hydrogen-bond acceptors (Lipinski definition) is 2. The van der Waals surface area contributed by atoms with E-state index in [2.05, 4.69) is 169 Å². The molecule has 0 bridgehead atoms. The lowest BCUT2D eigenvalue weighted by Gasteiger charge is -2.27. The molecule has 0 atom stereocenters. The van der Waals surface area contributed by atoms with Gasteiger partial charge in [-0.3, -0.25) is 0 Å². The molecule has 6 rings (SSSR count). The van der Waals surface area contributed by atoms with E-state index in [1.54, 1.807) is 0 Å². The predicted molar refractivity (Wildman–Crippen MR) is 167 cm³/mol. The molecule has 0 saturated carbocycles. The Balaban J connectivity index is 1.22. The Morgan fingerprint density at radius 1 is 0.436 bits per heavy atom. The fraction of sp³-hybridized carbons (Fsp3) is 0.0811. The van der Waals surface area contributed by atoms with Crippen LogP contribution in [0, 0.1) is 0 Å². The minimum Gasteiger partial charge on any atom is -0.348 e. The molecule has 0 fully saturated rings. The maximum atomic E-state index is 2.32. The summed E-state index contributed by atoms with van der Waals surface area (Å²) in [4.78, 5) is 4.62. The minimum atomic E-state index is 1.01. The van der Waals surface area contributed by atoms with Gasteiger partial charge in [0.2, 0.25) is 0 Å². The van der Waals surface area contributed by atoms with Crippen molar-refractivity contribution in [3.63, 3.8) is 0 Å². The Bertz CT molecular complexity index is 1540. The molecule has 5 aromatic rings. The molecule has 0 unspecified atom stereocenters. The number of para-hydroxylation sites is 2. The van der Waals surface area contributed by atoms with Crippen molar-refractivity contribution in [1.82, 2.24) is 0 Å². The van der Waals surface area contributed by atoms with Gasteiger partial charge in [-0.25, -0.2) is 0 Å². The van der Waals surface area contributed by atoms with Gasteiger partial charge in [-0.05, 0) is 89.7 Å². The van der Waals surface area contributed by atoms with E-state index in [0.29, 0.717) is 0 Å². The summed E-state index contributed by atoms with van der Waals surface area (Å²) in [5, 5.41) is 0. The Hall–Kier alpha value is -4.82. The van der Waals surface area contributed by atoms with Gasteiger partial charge in [0.25, 0.3) is 0 Å². The van der Waals surface area contributed by atoms with Crippen molar-refractivity contribution in [2.24, 2.45) is 0 Å². The molecule has 5 aromatic carbocycles. The number of rotatable bonds is 7. The molecular weight excluding hydrogens is 472 g/mol. The van der Waals surface area contributed by atoms with Crippen molar-refractivity contribution >= 4 is 28.3 Å². The maximum absolute atomic E-state index is 2.32. The van der Waals surface area contributed by atoms with E-state index >= 15 is 0 Å². The van der Waals surface area contributed by atoms with Gasteiger partial charge in [0.05, 0.1) is 0 Å². The molecule has 39 heavy (non-hydrogen) atoms. The summed E-state index contributed by atoms with van der Waals surface area (Å²) in [6.07, 6.45) is 6.61. The van der Waals surface area contributed by atoms with E-state index in [9.17, 15) is 0 Å². The van der Waals surface area contributed by atoms with E-state index in [0.717, 1.165) is 29.9 Å². The van der Waals surface area contributed by atoms with Crippen molar-refractivity contribution in [2.45, 2.75) is 12.8 Å². The number of hydrogen-bond donors (Lipinski definition) is 0. The highest BCUT2D eigenvalue weighted by atomic mass is 15.1. The van der Waals surface area contributed by atoms with E-state index < -0.39 is 0 Å². The van der Waals surface area contributed by atoms with Crippen LogP contribution in [-0.4, -0.2) is 7.05 Å². The fourth-order valence-electron chi connectivity index (χ4n) is 5.26. The molecule has 1 aliphatic rings. The van der Waals surface area contributed by atoms with Crippen LogP contribution in [0.2, 0.25) is 0 Å². The summed E-state index contributed by atoms with van der Waals surface area (Å²) in [5.41, 5.74) is 11.2. The summed E-state index contributed by atoms with van der Waals surface area (Å²) in [6.45, 7) is 0. The summed E-state index contributed by atoms with van der Waals surface area (Å²) < 4.78 is 0. The predicted octanol–water partition coefficient (Wildman–Crippen LogP) is 10.0. The zero-order chi connectivity index (χ0) is 26.4. The first-order valence-corrected chi connectivity index (χ1v) is 13.6. The highest BCUT2D eigenvalue weighted by molar-refractivity contribution is 5.78. The normalized spacial score (nSPS) is 12.8. The van der Waals surface area contributed by atoms with Gasteiger partial charge in [0, 0.05) is 35.5 Å². The third-order valence-corrected chi connectivity index (χ3v) is 7.42. The topological polar surface area (TPSA) is 6.48 Å².